The molecule has 7 heteroatoms. The molecule has 1 heterocycles. The highest BCUT2D eigenvalue weighted by molar-refractivity contribution is 8.01. The lowest BCUT2D eigenvalue weighted by Crippen LogP contribution is -1.96. The molecule has 0 amide bonds. The van der Waals surface area contributed by atoms with E-state index < -0.39 is 0 Å². The van der Waals surface area contributed by atoms with E-state index in [9.17, 15) is 0 Å². The molecule has 1 aromatic heterocycles. The second-order valence-corrected chi connectivity index (χ2v) is 7.06. The number of hydrogen-bond donors (Lipinski definition) is 0. The van der Waals surface area contributed by atoms with Gasteiger partial charge in [-0.05, 0) is 43.4 Å². The number of nitriles is 1. The van der Waals surface area contributed by atoms with Gasteiger partial charge in [-0.15, -0.1) is 5.10 Å². The lowest BCUT2D eigenvalue weighted by atomic mass is 10.3. The van der Waals surface area contributed by atoms with Crippen molar-refractivity contribution >= 4 is 46.9 Å². The summed E-state index contributed by atoms with van der Waals surface area (Å²) < 4.78 is 3.14. The van der Waals surface area contributed by atoms with Gasteiger partial charge in [-0.2, -0.15) is 5.26 Å². The fourth-order valence-corrected chi connectivity index (χ4v) is 3.75. The van der Waals surface area contributed by atoms with Gasteiger partial charge in [0.1, 0.15) is 0 Å². The number of nitrogens with zero attached hydrogens (tertiary/aromatic N) is 3. The van der Waals surface area contributed by atoms with Crippen LogP contribution < -0.4 is 0 Å². The van der Waals surface area contributed by atoms with Gasteiger partial charge in [0.15, 0.2) is 8.29 Å². The van der Waals surface area contributed by atoms with Crippen LogP contribution in [0.2, 0.25) is 5.02 Å². The third-order valence-corrected chi connectivity index (χ3v) is 4.62. The van der Waals surface area contributed by atoms with Crippen molar-refractivity contribution in [3.05, 3.63) is 33.2 Å². The fourth-order valence-electron chi connectivity index (χ4n) is 1.23. The molecule has 0 N–H and O–H groups in total. The number of halogens is 1. The van der Waals surface area contributed by atoms with Crippen molar-refractivity contribution in [1.82, 2.24) is 9.78 Å². The summed E-state index contributed by atoms with van der Waals surface area (Å²) >= 11 is 13.9. The smallest absolute Gasteiger partial charge is 0.184 e. The zero-order valence-corrected chi connectivity index (χ0v) is 12.5. The van der Waals surface area contributed by atoms with Crippen LogP contribution in [0, 0.1) is 15.3 Å². The van der Waals surface area contributed by atoms with Gasteiger partial charge in [0.2, 0.25) is 0 Å². The molecular weight excluding hydrogens is 306 g/mol. The topological polar surface area (TPSA) is 41.6 Å². The van der Waals surface area contributed by atoms with E-state index in [4.69, 9.17) is 29.1 Å². The quantitative estimate of drug-likeness (QED) is 0.625. The zero-order valence-electron chi connectivity index (χ0n) is 9.33. The molecule has 2 rings (SSSR count). The van der Waals surface area contributed by atoms with E-state index in [1.807, 2.05) is 19.1 Å². The molecule has 2 aromatic rings. The SMILES string of the molecule is C[C@@H](C#N)Sc1nn(-c2ccc(Cl)cc2)c(=S)s1. The highest BCUT2D eigenvalue weighted by atomic mass is 35.5. The number of aromatic nitrogens is 2. The zero-order chi connectivity index (χ0) is 13.1. The van der Waals surface area contributed by atoms with Crippen LogP contribution in [0.15, 0.2) is 28.6 Å². The predicted octanol–water partition coefficient (Wildman–Crippen LogP) is 4.32. The van der Waals surface area contributed by atoms with Gasteiger partial charge < -0.3 is 0 Å². The third-order valence-electron chi connectivity index (χ3n) is 2.06. The summed E-state index contributed by atoms with van der Waals surface area (Å²) in [5.41, 5.74) is 0.872. The summed E-state index contributed by atoms with van der Waals surface area (Å²) in [6.07, 6.45) is 0. The Balaban J connectivity index is 2.33. The minimum absolute atomic E-state index is 0.135. The van der Waals surface area contributed by atoms with Gasteiger partial charge in [0.05, 0.1) is 17.0 Å². The Morgan fingerprint density at radius 1 is 1.50 bits per heavy atom. The molecule has 0 saturated carbocycles. The lowest BCUT2D eigenvalue weighted by Gasteiger charge is -2.00. The average Bonchev–Trinajstić information content (AvgIpc) is 2.71. The van der Waals surface area contributed by atoms with Gasteiger partial charge in [-0.25, -0.2) is 4.68 Å². The Labute approximate surface area is 123 Å². The first-order valence-corrected chi connectivity index (χ1v) is 7.51. The molecule has 0 bridgehead atoms. The van der Waals surface area contributed by atoms with E-state index in [0.29, 0.717) is 8.98 Å². The summed E-state index contributed by atoms with van der Waals surface area (Å²) in [5, 5.41) is 13.7. The first kappa shape index (κ1) is 13.6. The van der Waals surface area contributed by atoms with Crippen LogP contribution in [0.25, 0.3) is 5.69 Å². The van der Waals surface area contributed by atoms with Crippen molar-refractivity contribution < 1.29 is 0 Å². The van der Waals surface area contributed by atoms with Crippen LogP contribution >= 0.6 is 46.9 Å². The molecule has 1 atom stereocenters. The van der Waals surface area contributed by atoms with Crippen molar-refractivity contribution in [3.8, 4) is 11.8 Å². The van der Waals surface area contributed by atoms with E-state index in [1.165, 1.54) is 23.1 Å². The normalized spacial score (nSPS) is 12.1. The van der Waals surface area contributed by atoms with Crippen molar-refractivity contribution in [2.45, 2.75) is 16.5 Å². The van der Waals surface area contributed by atoms with E-state index in [-0.39, 0.29) is 5.25 Å². The van der Waals surface area contributed by atoms with Crippen LogP contribution in [0.4, 0.5) is 0 Å². The summed E-state index contributed by atoms with van der Waals surface area (Å²) in [6.45, 7) is 1.84. The summed E-state index contributed by atoms with van der Waals surface area (Å²) in [7, 11) is 0. The summed E-state index contributed by atoms with van der Waals surface area (Å²) in [4.78, 5) is 0. The lowest BCUT2D eigenvalue weighted by molar-refractivity contribution is 0.829. The number of hydrogen-bond acceptors (Lipinski definition) is 5. The maximum Gasteiger partial charge on any atom is 0.184 e. The first-order valence-electron chi connectivity index (χ1n) is 5.02. The second-order valence-electron chi connectivity index (χ2n) is 3.41. The Kier molecular flexibility index (Phi) is 4.40. The number of thioether (sulfide) groups is 1. The van der Waals surface area contributed by atoms with Crippen LogP contribution in [0.1, 0.15) is 6.92 Å². The first-order chi connectivity index (χ1) is 8.60. The summed E-state index contributed by atoms with van der Waals surface area (Å²) in [6, 6.07) is 9.47. The molecule has 0 radical (unpaired) electrons. The predicted molar refractivity (Wildman–Crippen MR) is 78.2 cm³/mol. The Morgan fingerprint density at radius 3 is 2.78 bits per heavy atom. The Hall–Kier alpha value is -0.870. The van der Waals surface area contributed by atoms with Gasteiger partial charge in [0.25, 0.3) is 0 Å². The molecule has 3 nitrogen and oxygen atoms in total. The van der Waals surface area contributed by atoms with Crippen LogP contribution in [0.5, 0.6) is 0 Å². The monoisotopic (exact) mass is 313 g/mol. The van der Waals surface area contributed by atoms with Crippen LogP contribution in [-0.4, -0.2) is 15.0 Å². The maximum absolute atomic E-state index is 8.78. The molecule has 92 valence electrons. The van der Waals surface area contributed by atoms with Gasteiger partial charge in [-0.3, -0.25) is 0 Å². The molecule has 0 saturated heterocycles. The largest absolute Gasteiger partial charge is 0.211 e. The van der Waals surface area contributed by atoms with E-state index in [2.05, 4.69) is 11.2 Å². The number of benzene rings is 1. The van der Waals surface area contributed by atoms with E-state index in [0.717, 1.165) is 10.0 Å². The molecule has 0 aliphatic rings. The molecule has 0 aliphatic heterocycles. The third kappa shape index (κ3) is 3.12. The summed E-state index contributed by atoms with van der Waals surface area (Å²) in [5.74, 6) is 0. The highest BCUT2D eigenvalue weighted by Crippen LogP contribution is 2.27. The van der Waals surface area contributed by atoms with Crippen molar-refractivity contribution in [1.29, 1.82) is 5.26 Å². The Morgan fingerprint density at radius 2 is 2.17 bits per heavy atom. The van der Waals surface area contributed by atoms with E-state index >= 15 is 0 Å². The van der Waals surface area contributed by atoms with Gasteiger partial charge >= 0.3 is 0 Å². The molecule has 0 fully saturated rings. The molecular formula is C11H8ClN3S3. The second kappa shape index (κ2) is 5.85. The van der Waals surface area contributed by atoms with Gasteiger partial charge in [0, 0.05) is 5.02 Å². The molecule has 18 heavy (non-hydrogen) atoms. The molecule has 0 spiro atoms. The van der Waals surface area contributed by atoms with Crippen LogP contribution in [-0.2, 0) is 0 Å². The minimum Gasteiger partial charge on any atom is -0.211 e. The number of rotatable bonds is 3. The molecule has 1 aromatic carbocycles. The standard InChI is InChI=1S/C11H8ClN3S3/c1-7(6-13)17-10-14-15(11(16)18-10)9-4-2-8(12)3-5-9/h2-5,7H,1H3/t7-/m0/s1. The van der Waals surface area contributed by atoms with Crippen molar-refractivity contribution in [3.63, 3.8) is 0 Å². The average molecular weight is 314 g/mol. The van der Waals surface area contributed by atoms with Crippen molar-refractivity contribution in [2.24, 2.45) is 0 Å². The van der Waals surface area contributed by atoms with Crippen molar-refractivity contribution in [2.75, 3.05) is 0 Å². The fraction of sp³-hybridized carbons (Fsp3) is 0.182. The minimum atomic E-state index is -0.135. The van der Waals surface area contributed by atoms with E-state index in [1.54, 1.807) is 16.8 Å². The Bertz CT molecular complexity index is 639. The van der Waals surface area contributed by atoms with Crippen LogP contribution in [0.3, 0.4) is 0 Å². The highest BCUT2D eigenvalue weighted by Gasteiger charge is 2.09. The van der Waals surface area contributed by atoms with Gasteiger partial charge in [-0.1, -0.05) is 34.7 Å². The molecule has 0 unspecified atom stereocenters. The maximum atomic E-state index is 8.78. The molecule has 0 aliphatic carbocycles.